The van der Waals surface area contributed by atoms with Gasteiger partial charge >= 0.3 is 0 Å². The van der Waals surface area contributed by atoms with Crippen LogP contribution >= 0.6 is 11.8 Å². The number of thioether (sulfide) groups is 1. The van der Waals surface area contributed by atoms with Crippen LogP contribution in [0.1, 0.15) is 17.5 Å². The molecule has 0 aliphatic rings. The summed E-state index contributed by atoms with van der Waals surface area (Å²) in [6, 6.07) is 19.9. The first-order valence-electron chi connectivity index (χ1n) is 11.2. The van der Waals surface area contributed by atoms with E-state index < -0.39 is 0 Å². The van der Waals surface area contributed by atoms with Crippen LogP contribution < -0.4 is 15.4 Å². The Morgan fingerprint density at radius 1 is 1.09 bits per heavy atom. The first-order chi connectivity index (χ1) is 16.6. The van der Waals surface area contributed by atoms with Crippen molar-refractivity contribution in [2.75, 3.05) is 24.2 Å². The molecule has 0 saturated carbocycles. The minimum atomic E-state index is -0.189. The van der Waals surface area contributed by atoms with Crippen molar-refractivity contribution in [2.45, 2.75) is 25.0 Å². The third kappa shape index (κ3) is 6.33. The number of ether oxygens (including phenoxy) is 1. The molecule has 0 fully saturated rings. The van der Waals surface area contributed by atoms with Crippen molar-refractivity contribution in [2.24, 2.45) is 7.05 Å². The normalized spacial score (nSPS) is 11.0. The fraction of sp³-hybridized carbons (Fsp3) is 0.280. The predicted octanol–water partition coefficient (Wildman–Crippen LogP) is 3.96. The molecule has 0 atom stereocenters. The van der Waals surface area contributed by atoms with E-state index in [-0.39, 0.29) is 12.5 Å². The Morgan fingerprint density at radius 3 is 2.71 bits per heavy atom. The molecule has 34 heavy (non-hydrogen) atoms. The number of amides is 1. The van der Waals surface area contributed by atoms with Gasteiger partial charge in [-0.25, -0.2) is 4.68 Å². The van der Waals surface area contributed by atoms with Crippen LogP contribution in [0.5, 0.6) is 5.75 Å². The zero-order valence-corrected chi connectivity index (χ0v) is 20.1. The Bertz CT molecular complexity index is 1240. The number of carbonyl (C=O) groups excluding carboxylic acids is 1. The molecular formula is C25H28N6O2S. The van der Waals surface area contributed by atoms with Gasteiger partial charge in [0.05, 0.1) is 0 Å². The summed E-state index contributed by atoms with van der Waals surface area (Å²) in [5.74, 6) is 1.44. The number of carbonyl (C=O) groups is 1. The summed E-state index contributed by atoms with van der Waals surface area (Å²) in [5.41, 5.74) is 2.95. The third-order valence-corrected chi connectivity index (χ3v) is 6.40. The molecule has 4 rings (SSSR count). The highest BCUT2D eigenvalue weighted by molar-refractivity contribution is 7.99. The zero-order chi connectivity index (χ0) is 23.8. The molecule has 0 aliphatic carbocycles. The van der Waals surface area contributed by atoms with E-state index in [0.29, 0.717) is 12.3 Å². The fourth-order valence-corrected chi connectivity index (χ4v) is 4.32. The van der Waals surface area contributed by atoms with Crippen LogP contribution in [0, 0.1) is 6.92 Å². The Hall–Kier alpha value is -3.43. The number of benzene rings is 3. The average Bonchev–Trinajstić information content (AvgIpc) is 3.26. The molecule has 8 nitrogen and oxygen atoms in total. The van der Waals surface area contributed by atoms with Crippen LogP contribution in [0.2, 0.25) is 0 Å². The molecule has 1 amide bonds. The van der Waals surface area contributed by atoms with Gasteiger partial charge in [0.15, 0.2) is 6.61 Å². The van der Waals surface area contributed by atoms with Gasteiger partial charge in [-0.05, 0) is 59.3 Å². The van der Waals surface area contributed by atoms with Gasteiger partial charge in [0.25, 0.3) is 5.91 Å². The molecule has 0 saturated heterocycles. The highest BCUT2D eigenvalue weighted by atomic mass is 32.2. The monoisotopic (exact) mass is 476 g/mol. The van der Waals surface area contributed by atoms with E-state index in [0.717, 1.165) is 51.5 Å². The predicted molar refractivity (Wildman–Crippen MR) is 135 cm³/mol. The van der Waals surface area contributed by atoms with Crippen LogP contribution in [0.15, 0.2) is 65.8 Å². The molecule has 1 aromatic heterocycles. The number of rotatable bonds is 11. The van der Waals surface area contributed by atoms with E-state index in [1.807, 2.05) is 62.5 Å². The van der Waals surface area contributed by atoms with E-state index in [1.165, 1.54) is 0 Å². The Labute approximate surface area is 203 Å². The molecule has 0 radical (unpaired) electrons. The zero-order valence-electron chi connectivity index (χ0n) is 19.3. The molecule has 0 aliphatic heterocycles. The van der Waals surface area contributed by atoms with E-state index in [1.54, 1.807) is 16.4 Å². The van der Waals surface area contributed by atoms with Crippen molar-refractivity contribution >= 4 is 34.1 Å². The third-order valence-electron chi connectivity index (χ3n) is 5.30. The quantitative estimate of drug-likeness (QED) is 0.250. The van der Waals surface area contributed by atoms with Crippen LogP contribution in [0.25, 0.3) is 10.8 Å². The number of aromatic nitrogens is 4. The van der Waals surface area contributed by atoms with E-state index >= 15 is 0 Å². The second-order valence-electron chi connectivity index (χ2n) is 7.93. The molecule has 2 N–H and O–H groups in total. The highest BCUT2D eigenvalue weighted by Gasteiger charge is 2.11. The first kappa shape index (κ1) is 23.7. The maximum Gasteiger partial charge on any atom is 0.262 e. The number of anilines is 1. The Kier molecular flexibility index (Phi) is 8.11. The van der Waals surface area contributed by atoms with Gasteiger partial charge in [-0.15, -0.1) is 5.10 Å². The smallest absolute Gasteiger partial charge is 0.262 e. The number of tetrazole rings is 1. The number of hydrogen-bond acceptors (Lipinski definition) is 7. The van der Waals surface area contributed by atoms with Crippen LogP contribution in [0.4, 0.5) is 5.69 Å². The van der Waals surface area contributed by atoms with Crippen molar-refractivity contribution in [1.29, 1.82) is 0 Å². The molecule has 1 heterocycles. The second kappa shape index (κ2) is 11.6. The summed E-state index contributed by atoms with van der Waals surface area (Å²) in [7, 11) is 1.84. The van der Waals surface area contributed by atoms with Crippen LogP contribution in [-0.4, -0.2) is 45.0 Å². The van der Waals surface area contributed by atoms with Crippen LogP contribution in [0.3, 0.4) is 0 Å². The van der Waals surface area contributed by atoms with Gasteiger partial charge in [0.1, 0.15) is 5.75 Å². The number of fused-ring (bicyclic) bond motifs is 1. The van der Waals surface area contributed by atoms with E-state index in [9.17, 15) is 4.79 Å². The second-order valence-corrected chi connectivity index (χ2v) is 8.99. The van der Waals surface area contributed by atoms with Crippen molar-refractivity contribution in [1.82, 2.24) is 25.5 Å². The summed E-state index contributed by atoms with van der Waals surface area (Å²) in [6.45, 7) is 3.45. The van der Waals surface area contributed by atoms with Crippen molar-refractivity contribution in [3.05, 3.63) is 71.8 Å². The topological polar surface area (TPSA) is 94.0 Å². The lowest BCUT2D eigenvalue weighted by Gasteiger charge is -2.15. The Morgan fingerprint density at radius 2 is 1.91 bits per heavy atom. The van der Waals surface area contributed by atoms with E-state index in [2.05, 4.69) is 38.3 Å². The largest absolute Gasteiger partial charge is 0.483 e. The highest BCUT2D eigenvalue weighted by Crippen LogP contribution is 2.28. The maximum atomic E-state index is 12.4. The maximum absolute atomic E-state index is 12.4. The van der Waals surface area contributed by atoms with Crippen LogP contribution in [-0.2, 0) is 18.4 Å². The van der Waals surface area contributed by atoms with Gasteiger partial charge in [0, 0.05) is 30.6 Å². The number of nitrogens with zero attached hydrogens (tertiary/aromatic N) is 4. The van der Waals surface area contributed by atoms with Crippen molar-refractivity contribution in [3.63, 3.8) is 0 Å². The lowest BCUT2D eigenvalue weighted by molar-refractivity contribution is -0.118. The molecule has 0 bridgehead atoms. The van der Waals surface area contributed by atoms with Gasteiger partial charge in [-0.3, -0.25) is 4.79 Å². The molecular weight excluding hydrogens is 448 g/mol. The molecule has 4 aromatic rings. The average molecular weight is 477 g/mol. The Balaban J connectivity index is 1.34. The van der Waals surface area contributed by atoms with Gasteiger partial charge in [-0.2, -0.15) is 0 Å². The minimum Gasteiger partial charge on any atom is -0.483 e. The number of nitrogens with one attached hydrogen (secondary N) is 2. The van der Waals surface area contributed by atoms with Crippen molar-refractivity contribution < 1.29 is 9.53 Å². The number of hydrogen-bond donors (Lipinski definition) is 2. The van der Waals surface area contributed by atoms with Crippen molar-refractivity contribution in [3.8, 4) is 5.75 Å². The standard InChI is InChI=1S/C25H28N6O2S/c1-18-8-11-20(12-9-18)27-24(32)17-33-23-13-10-19-6-3-4-7-21(19)22(23)16-26-14-5-15-34-25-28-29-30-31(25)2/h3-4,6-13,26H,5,14-17H2,1-2H3,(H,27,32). The molecule has 0 unspecified atom stereocenters. The lowest BCUT2D eigenvalue weighted by Crippen LogP contribution is -2.21. The molecule has 0 spiro atoms. The molecule has 9 heteroatoms. The van der Waals surface area contributed by atoms with Gasteiger partial charge < -0.3 is 15.4 Å². The van der Waals surface area contributed by atoms with Gasteiger partial charge in [-0.1, -0.05) is 59.8 Å². The summed E-state index contributed by atoms with van der Waals surface area (Å²) in [6.07, 6.45) is 0.970. The minimum absolute atomic E-state index is 0.0540. The number of aryl methyl sites for hydroxylation is 2. The first-order valence-corrected chi connectivity index (χ1v) is 12.1. The summed E-state index contributed by atoms with van der Waals surface area (Å²) < 4.78 is 7.64. The summed E-state index contributed by atoms with van der Waals surface area (Å²) in [5, 5.41) is 20.9. The molecule has 176 valence electrons. The summed E-state index contributed by atoms with van der Waals surface area (Å²) in [4.78, 5) is 12.4. The molecule has 3 aromatic carbocycles. The SMILES string of the molecule is Cc1ccc(NC(=O)COc2ccc3ccccc3c2CNCCCSc2nnnn2C)cc1. The van der Waals surface area contributed by atoms with Gasteiger partial charge in [0.2, 0.25) is 5.16 Å². The fourth-order valence-electron chi connectivity index (χ4n) is 3.53. The van der Waals surface area contributed by atoms with E-state index in [4.69, 9.17) is 4.74 Å². The lowest BCUT2D eigenvalue weighted by atomic mass is 10.0. The summed E-state index contributed by atoms with van der Waals surface area (Å²) >= 11 is 1.64.